The first-order valence-corrected chi connectivity index (χ1v) is 10.1. The van der Waals surface area contributed by atoms with E-state index in [0.29, 0.717) is 19.8 Å². The van der Waals surface area contributed by atoms with Crippen LogP contribution in [0.2, 0.25) is 0 Å². The molecule has 0 saturated carbocycles. The molecule has 7 heteroatoms. The van der Waals surface area contributed by atoms with Crippen molar-refractivity contribution in [1.29, 1.82) is 0 Å². The molecule has 0 radical (unpaired) electrons. The summed E-state index contributed by atoms with van der Waals surface area (Å²) in [6.45, 7) is 9.34. The molecule has 0 aromatic heterocycles. The predicted molar refractivity (Wildman–Crippen MR) is 107 cm³/mol. The molecule has 1 aliphatic heterocycles. The number of carbonyl (C=O) groups excluding carboxylic acids is 2. The molecule has 0 aromatic rings. The van der Waals surface area contributed by atoms with Gasteiger partial charge in [0.2, 0.25) is 0 Å². The van der Waals surface area contributed by atoms with Gasteiger partial charge in [-0.3, -0.25) is 9.59 Å². The average Bonchev–Trinajstić information content (AvgIpc) is 3.22. The maximum atomic E-state index is 11.1. The molecule has 0 spiro atoms. The van der Waals surface area contributed by atoms with Crippen LogP contribution in [0.3, 0.4) is 0 Å². The van der Waals surface area contributed by atoms with Crippen LogP contribution in [0.4, 0.5) is 0 Å². The Hall–Kier alpha value is -1.18. The lowest BCUT2D eigenvalue weighted by Crippen LogP contribution is -2.11. The number of aliphatic hydroxyl groups is 1. The number of carbonyl (C=O) groups is 2. The lowest BCUT2D eigenvalue weighted by atomic mass is 10.3. The molecule has 1 saturated heterocycles. The summed E-state index contributed by atoms with van der Waals surface area (Å²) in [4.78, 5) is 22.2. The predicted octanol–water partition coefficient (Wildman–Crippen LogP) is 3.20. The fourth-order valence-electron chi connectivity index (χ4n) is 1.68. The van der Waals surface area contributed by atoms with Crippen molar-refractivity contribution in [3.8, 4) is 0 Å². The molecule has 7 nitrogen and oxygen atoms in total. The second kappa shape index (κ2) is 27.0. The molecule has 0 aliphatic carbocycles. The van der Waals surface area contributed by atoms with E-state index in [1.807, 2.05) is 13.8 Å². The minimum atomic E-state index is -0.319. The Bertz CT molecular complexity index is 273. The highest BCUT2D eigenvalue weighted by Crippen LogP contribution is 1.99. The number of aliphatic hydroxyl groups excluding tert-OH is 1. The Morgan fingerprint density at radius 2 is 1.22 bits per heavy atom. The quantitative estimate of drug-likeness (QED) is 0.425. The average molecular weight is 395 g/mol. The maximum Gasteiger partial charge on any atom is 0.306 e. The molecule has 1 aliphatic rings. The van der Waals surface area contributed by atoms with E-state index in [-0.39, 0.29) is 30.3 Å². The van der Waals surface area contributed by atoms with Crippen molar-refractivity contribution in [3.05, 3.63) is 0 Å². The lowest BCUT2D eigenvalue weighted by Gasteiger charge is -2.04. The van der Waals surface area contributed by atoms with E-state index >= 15 is 0 Å². The third kappa shape index (κ3) is 29.8. The van der Waals surface area contributed by atoms with Gasteiger partial charge in [0.15, 0.2) is 0 Å². The number of rotatable bonds is 11. The number of ether oxygens (including phenoxy) is 3. The summed E-state index contributed by atoms with van der Waals surface area (Å²) in [5.41, 5.74) is 0. The number of hydrogen-bond acceptors (Lipinski definition) is 6. The van der Waals surface area contributed by atoms with Gasteiger partial charge in [0.05, 0.1) is 26.1 Å². The van der Waals surface area contributed by atoms with Crippen LogP contribution >= 0.6 is 0 Å². The van der Waals surface area contributed by atoms with E-state index in [1.54, 1.807) is 0 Å². The van der Waals surface area contributed by atoms with Crippen molar-refractivity contribution in [2.75, 3.05) is 33.0 Å². The highest BCUT2D eigenvalue weighted by atomic mass is 16.5. The van der Waals surface area contributed by atoms with Crippen LogP contribution in [0.15, 0.2) is 0 Å². The third-order valence-corrected chi connectivity index (χ3v) is 3.39. The van der Waals surface area contributed by atoms with E-state index in [2.05, 4.69) is 6.92 Å². The van der Waals surface area contributed by atoms with Crippen molar-refractivity contribution in [2.24, 2.45) is 0 Å². The van der Waals surface area contributed by atoms with Gasteiger partial charge in [-0.05, 0) is 32.1 Å². The molecule has 0 bridgehead atoms. The summed E-state index contributed by atoms with van der Waals surface area (Å²) >= 11 is 0. The molecular formula is C20H42O7. The summed E-state index contributed by atoms with van der Waals surface area (Å²) in [5.74, 6) is -0.637. The highest BCUT2D eigenvalue weighted by molar-refractivity contribution is 5.77. The Morgan fingerprint density at radius 3 is 1.44 bits per heavy atom. The van der Waals surface area contributed by atoms with Gasteiger partial charge in [-0.25, -0.2) is 0 Å². The molecule has 1 rings (SSSR count). The van der Waals surface area contributed by atoms with Crippen LogP contribution < -0.4 is 0 Å². The van der Waals surface area contributed by atoms with Crippen LogP contribution in [0.25, 0.3) is 0 Å². The zero-order valence-corrected chi connectivity index (χ0v) is 17.6. The fourth-order valence-corrected chi connectivity index (χ4v) is 1.68. The van der Waals surface area contributed by atoms with E-state index in [4.69, 9.17) is 19.3 Å². The molecule has 3 N–H and O–H groups in total. The summed E-state index contributed by atoms with van der Waals surface area (Å²) in [5, 5.41) is 8.07. The molecule has 0 unspecified atom stereocenters. The van der Waals surface area contributed by atoms with Crippen LogP contribution in [-0.4, -0.2) is 55.6 Å². The van der Waals surface area contributed by atoms with Crippen molar-refractivity contribution < 1.29 is 34.4 Å². The Morgan fingerprint density at radius 1 is 0.815 bits per heavy atom. The van der Waals surface area contributed by atoms with Crippen molar-refractivity contribution >= 4 is 11.9 Å². The normalized spacial score (nSPS) is 11.9. The zero-order chi connectivity index (χ0) is 19.9. The monoisotopic (exact) mass is 394 g/mol. The van der Waals surface area contributed by atoms with Gasteiger partial charge in [0.1, 0.15) is 0 Å². The number of esters is 2. The molecule has 0 atom stereocenters. The van der Waals surface area contributed by atoms with Crippen LogP contribution in [0.5, 0.6) is 0 Å². The van der Waals surface area contributed by atoms with E-state index < -0.39 is 0 Å². The molecule has 164 valence electrons. The molecular weight excluding hydrogens is 352 g/mol. The zero-order valence-electron chi connectivity index (χ0n) is 17.6. The van der Waals surface area contributed by atoms with Crippen molar-refractivity contribution in [3.63, 3.8) is 0 Å². The Kier molecular flexibility index (Phi) is 30.6. The topological polar surface area (TPSA) is 114 Å². The molecule has 1 fully saturated rings. The minimum Gasteiger partial charge on any atom is -0.466 e. The summed E-state index contributed by atoms with van der Waals surface area (Å²) in [6.07, 6.45) is 8.55. The van der Waals surface area contributed by atoms with Gasteiger partial charge in [0, 0.05) is 19.8 Å². The van der Waals surface area contributed by atoms with Gasteiger partial charge < -0.3 is 24.8 Å². The Labute approximate surface area is 165 Å². The van der Waals surface area contributed by atoms with Gasteiger partial charge in [-0.2, -0.15) is 0 Å². The minimum absolute atomic E-state index is 0. The Balaban J connectivity index is -0.000000425. The van der Waals surface area contributed by atoms with E-state index in [9.17, 15) is 9.59 Å². The first-order valence-electron chi connectivity index (χ1n) is 10.1. The van der Waals surface area contributed by atoms with Crippen LogP contribution in [0, 0.1) is 0 Å². The second-order valence-corrected chi connectivity index (χ2v) is 6.04. The second-order valence-electron chi connectivity index (χ2n) is 6.04. The first kappa shape index (κ1) is 30.5. The first-order chi connectivity index (χ1) is 12.6. The third-order valence-electron chi connectivity index (χ3n) is 3.39. The summed E-state index contributed by atoms with van der Waals surface area (Å²) < 4.78 is 14.8. The highest BCUT2D eigenvalue weighted by Gasteiger charge is 2.08. The summed E-state index contributed by atoms with van der Waals surface area (Å²) in [7, 11) is 0. The SMILES string of the molecule is C1CCOC1.CCCCO.CCCCOC(=O)CCC(=O)OCCCC.O. The molecule has 0 aromatic carbocycles. The maximum absolute atomic E-state index is 11.1. The molecule has 1 heterocycles. The van der Waals surface area contributed by atoms with Gasteiger partial charge >= 0.3 is 11.9 Å². The van der Waals surface area contributed by atoms with Gasteiger partial charge in [0.25, 0.3) is 0 Å². The van der Waals surface area contributed by atoms with Crippen LogP contribution in [0.1, 0.15) is 85.0 Å². The smallest absolute Gasteiger partial charge is 0.306 e. The standard InChI is InChI=1S/C12H22O4.C4H8O.C4H10O.H2O/c1-3-5-9-15-11(13)7-8-12(14)16-10-6-4-2;1-2-4-5-3-1;1-2-3-4-5;/h3-10H2,1-2H3;1-4H2;5H,2-4H2,1H3;1H2. The largest absolute Gasteiger partial charge is 0.466 e. The fraction of sp³-hybridized carbons (Fsp3) is 0.900. The molecule has 27 heavy (non-hydrogen) atoms. The van der Waals surface area contributed by atoms with Crippen LogP contribution in [-0.2, 0) is 23.8 Å². The number of unbranched alkanes of at least 4 members (excludes halogenated alkanes) is 3. The van der Waals surface area contributed by atoms with E-state index in [1.165, 1.54) is 12.8 Å². The lowest BCUT2D eigenvalue weighted by molar-refractivity contribution is -0.150. The molecule has 0 amide bonds. The van der Waals surface area contributed by atoms with Crippen molar-refractivity contribution in [2.45, 2.75) is 85.0 Å². The van der Waals surface area contributed by atoms with E-state index in [0.717, 1.165) is 51.7 Å². The summed E-state index contributed by atoms with van der Waals surface area (Å²) in [6, 6.07) is 0. The van der Waals surface area contributed by atoms with Gasteiger partial charge in [-0.15, -0.1) is 0 Å². The number of hydrogen-bond donors (Lipinski definition) is 1. The van der Waals surface area contributed by atoms with Gasteiger partial charge in [-0.1, -0.05) is 40.0 Å². The van der Waals surface area contributed by atoms with Crippen molar-refractivity contribution in [1.82, 2.24) is 0 Å².